The van der Waals surface area contributed by atoms with E-state index in [0.29, 0.717) is 6.61 Å². The fraction of sp³-hybridized carbons (Fsp3) is 0.176. The Balaban J connectivity index is 1.62. The normalized spacial score (nSPS) is 10.8. The number of hydrogen-bond acceptors (Lipinski definition) is 3. The van der Waals surface area contributed by atoms with Gasteiger partial charge in [-0.1, -0.05) is 12.1 Å². The second-order valence-electron chi connectivity index (χ2n) is 5.04. The van der Waals surface area contributed by atoms with Gasteiger partial charge in [-0.05, 0) is 43.0 Å². The molecule has 0 saturated carbocycles. The van der Waals surface area contributed by atoms with E-state index in [1.54, 1.807) is 12.1 Å². The van der Waals surface area contributed by atoms with Crippen LogP contribution in [0.3, 0.4) is 0 Å². The third-order valence-corrected chi connectivity index (χ3v) is 4.19. The first-order chi connectivity index (χ1) is 11.7. The van der Waals surface area contributed by atoms with Gasteiger partial charge in [-0.2, -0.15) is 0 Å². The highest BCUT2D eigenvalue weighted by Gasteiger charge is 2.14. The molecule has 1 amide bonds. The molecule has 1 heterocycles. The quantitative estimate of drug-likeness (QED) is 0.673. The van der Waals surface area contributed by atoms with E-state index in [1.165, 1.54) is 23.9 Å². The fourth-order valence-corrected chi connectivity index (χ4v) is 2.94. The molecule has 0 radical (unpaired) electrons. The van der Waals surface area contributed by atoms with Crippen molar-refractivity contribution in [2.75, 3.05) is 17.7 Å². The molecule has 124 valence electrons. The maximum Gasteiger partial charge on any atom is 0.315 e. The summed E-state index contributed by atoms with van der Waals surface area (Å²) < 4.78 is 19.0. The molecule has 24 heavy (non-hydrogen) atoms. The largest absolute Gasteiger partial charge is 0.494 e. The van der Waals surface area contributed by atoms with Crippen molar-refractivity contribution < 1.29 is 18.9 Å². The Hall–Kier alpha value is -2.54. The monoisotopic (exact) mass is 346 g/mol. The number of para-hydroxylation sites is 1. The number of ether oxygens (including phenoxy) is 1. The Morgan fingerprint density at radius 2 is 2.17 bits per heavy atom. The van der Waals surface area contributed by atoms with Crippen molar-refractivity contribution in [2.24, 2.45) is 0 Å². The lowest BCUT2D eigenvalue weighted by Crippen LogP contribution is -2.16. The van der Waals surface area contributed by atoms with Crippen LogP contribution in [0.25, 0.3) is 11.0 Å². The molecule has 0 atom stereocenters. The van der Waals surface area contributed by atoms with Gasteiger partial charge in [0.2, 0.25) is 5.91 Å². The molecule has 0 saturated heterocycles. The van der Waals surface area contributed by atoms with Crippen molar-refractivity contribution in [1.29, 1.82) is 0 Å². The molecule has 2 aromatic carbocycles. The molecule has 0 unspecified atom stereocenters. The van der Waals surface area contributed by atoms with Crippen LogP contribution in [-0.2, 0) is 4.79 Å². The molecule has 1 aromatic heterocycles. The van der Waals surface area contributed by atoms with Crippen molar-refractivity contribution in [1.82, 2.24) is 4.98 Å². The molecule has 0 bridgehead atoms. The van der Waals surface area contributed by atoms with Gasteiger partial charge in [-0.3, -0.25) is 4.79 Å². The third kappa shape index (κ3) is 3.86. The first-order valence-electron chi connectivity index (χ1n) is 7.50. The summed E-state index contributed by atoms with van der Waals surface area (Å²) in [7, 11) is 0. The molecule has 3 aromatic rings. The lowest BCUT2D eigenvalue weighted by atomic mass is 10.3. The van der Waals surface area contributed by atoms with E-state index < -0.39 is 5.82 Å². The predicted molar refractivity (Wildman–Crippen MR) is 91.8 cm³/mol. The fourth-order valence-electron chi connectivity index (χ4n) is 2.23. The number of thioether (sulfide) groups is 1. The van der Waals surface area contributed by atoms with Crippen molar-refractivity contribution >= 4 is 34.4 Å². The van der Waals surface area contributed by atoms with Gasteiger partial charge >= 0.3 is 5.16 Å². The van der Waals surface area contributed by atoms with Crippen LogP contribution in [0.4, 0.5) is 10.1 Å². The molecular formula is C17H17FN3O2S+. The highest BCUT2D eigenvalue weighted by Crippen LogP contribution is 2.21. The number of H-pyrrole nitrogens is 2. The molecule has 0 fully saturated rings. The number of halogens is 1. The van der Waals surface area contributed by atoms with Crippen molar-refractivity contribution in [3.8, 4) is 5.75 Å². The van der Waals surface area contributed by atoms with E-state index in [4.69, 9.17) is 4.74 Å². The van der Waals surface area contributed by atoms with Crippen LogP contribution in [0.5, 0.6) is 5.75 Å². The summed E-state index contributed by atoms with van der Waals surface area (Å²) in [5.74, 6) is 0.230. The van der Waals surface area contributed by atoms with Crippen LogP contribution in [0, 0.1) is 5.82 Å². The van der Waals surface area contributed by atoms with Crippen LogP contribution in [0.1, 0.15) is 6.92 Å². The summed E-state index contributed by atoms with van der Waals surface area (Å²) in [6, 6.07) is 11.8. The Bertz CT molecular complexity index is 866. The van der Waals surface area contributed by atoms with E-state index in [9.17, 15) is 9.18 Å². The van der Waals surface area contributed by atoms with Crippen molar-refractivity contribution in [3.05, 3.63) is 48.3 Å². The highest BCUT2D eigenvalue weighted by molar-refractivity contribution is 7.99. The number of nitrogens with one attached hydrogen (secondary N) is 3. The first kappa shape index (κ1) is 16.3. The first-order valence-corrected chi connectivity index (χ1v) is 8.49. The Kier molecular flexibility index (Phi) is 5.00. The smallest absolute Gasteiger partial charge is 0.315 e. The molecule has 5 nitrogen and oxygen atoms in total. The van der Waals surface area contributed by atoms with E-state index in [1.807, 2.05) is 25.1 Å². The molecule has 0 aliphatic carbocycles. The number of aromatic amines is 2. The van der Waals surface area contributed by atoms with Gasteiger partial charge in [0.15, 0.2) is 11.0 Å². The molecule has 0 aliphatic rings. The number of rotatable bonds is 6. The molecule has 3 N–H and O–H groups in total. The van der Waals surface area contributed by atoms with Gasteiger partial charge in [0, 0.05) is 6.07 Å². The summed E-state index contributed by atoms with van der Waals surface area (Å²) >= 11 is 1.31. The van der Waals surface area contributed by atoms with Gasteiger partial charge in [-0.15, -0.1) is 0 Å². The number of imidazole rings is 1. The molecule has 3 rings (SSSR count). The number of carbonyl (C=O) groups is 1. The number of hydrogen-bond donors (Lipinski definition) is 2. The van der Waals surface area contributed by atoms with Gasteiger partial charge in [0.25, 0.3) is 0 Å². The van der Waals surface area contributed by atoms with E-state index in [-0.39, 0.29) is 17.3 Å². The number of amides is 1. The van der Waals surface area contributed by atoms with Crippen LogP contribution in [0.2, 0.25) is 0 Å². The Morgan fingerprint density at radius 1 is 1.33 bits per heavy atom. The molecule has 0 spiro atoms. The van der Waals surface area contributed by atoms with Crippen molar-refractivity contribution in [3.63, 3.8) is 0 Å². The minimum atomic E-state index is -0.448. The average molecular weight is 346 g/mol. The van der Waals surface area contributed by atoms with Gasteiger partial charge in [0.1, 0.15) is 11.6 Å². The predicted octanol–water partition coefficient (Wildman–Crippen LogP) is 3.25. The second-order valence-corrected chi connectivity index (χ2v) is 6.02. The van der Waals surface area contributed by atoms with Crippen LogP contribution < -0.4 is 15.0 Å². The lowest BCUT2D eigenvalue weighted by molar-refractivity contribution is -0.396. The number of fused-ring (bicyclic) bond motifs is 1. The number of carbonyl (C=O) groups excluding carboxylic acids is 1. The zero-order valence-corrected chi connectivity index (χ0v) is 13.9. The lowest BCUT2D eigenvalue weighted by Gasteiger charge is -2.04. The van der Waals surface area contributed by atoms with Crippen LogP contribution >= 0.6 is 11.8 Å². The molecule has 7 heteroatoms. The zero-order valence-electron chi connectivity index (χ0n) is 13.1. The minimum Gasteiger partial charge on any atom is -0.494 e. The topological polar surface area (TPSA) is 68.3 Å². The number of benzene rings is 2. The Labute approximate surface area is 142 Å². The average Bonchev–Trinajstić information content (AvgIpc) is 2.98. The maximum absolute atomic E-state index is 13.5. The molecular weight excluding hydrogens is 329 g/mol. The Morgan fingerprint density at radius 3 is 2.96 bits per heavy atom. The highest BCUT2D eigenvalue weighted by atomic mass is 32.2. The number of aromatic nitrogens is 2. The third-order valence-electron chi connectivity index (χ3n) is 3.29. The standard InChI is InChI=1S/C17H16FN3O2S/c1-2-23-11-7-8-14-15(9-11)21-17(20-14)24-10-16(22)19-13-6-4-3-5-12(13)18/h3-9H,2,10H2,1H3,(H,19,22)(H,20,21)/p+1. The van der Waals surface area contributed by atoms with Gasteiger partial charge < -0.3 is 10.1 Å². The van der Waals surface area contributed by atoms with E-state index >= 15 is 0 Å². The van der Waals surface area contributed by atoms with Crippen LogP contribution in [-0.4, -0.2) is 23.3 Å². The van der Waals surface area contributed by atoms with Crippen molar-refractivity contribution in [2.45, 2.75) is 12.1 Å². The summed E-state index contributed by atoms with van der Waals surface area (Å²) in [5, 5.41) is 3.31. The van der Waals surface area contributed by atoms with E-state index in [0.717, 1.165) is 21.9 Å². The van der Waals surface area contributed by atoms with Crippen LogP contribution in [0.15, 0.2) is 47.6 Å². The van der Waals surface area contributed by atoms with Gasteiger partial charge in [0.05, 0.1) is 18.0 Å². The number of anilines is 1. The SMILES string of the molecule is CCOc1ccc2[nH+]c(SCC(=O)Nc3ccccc3F)[nH]c2c1. The van der Waals surface area contributed by atoms with Gasteiger partial charge in [-0.25, -0.2) is 14.4 Å². The van der Waals surface area contributed by atoms with E-state index in [2.05, 4.69) is 15.3 Å². The second kappa shape index (κ2) is 7.35. The zero-order chi connectivity index (χ0) is 16.9. The summed E-state index contributed by atoms with van der Waals surface area (Å²) in [4.78, 5) is 18.3. The summed E-state index contributed by atoms with van der Waals surface area (Å²) in [6.45, 7) is 2.54. The molecule has 0 aliphatic heterocycles. The minimum absolute atomic E-state index is 0.163. The summed E-state index contributed by atoms with van der Waals surface area (Å²) in [6.07, 6.45) is 0. The summed E-state index contributed by atoms with van der Waals surface area (Å²) in [5.41, 5.74) is 2.01. The maximum atomic E-state index is 13.5.